The highest BCUT2D eigenvalue weighted by atomic mass is 28.3. The maximum atomic E-state index is 5.44. The van der Waals surface area contributed by atoms with Gasteiger partial charge in [-0.25, -0.2) is 4.98 Å². The topological polar surface area (TPSA) is 79.2 Å². The molecule has 2 aliphatic rings. The van der Waals surface area contributed by atoms with Crippen LogP contribution >= 0.6 is 0 Å². The van der Waals surface area contributed by atoms with Crippen LogP contribution in [-0.4, -0.2) is 62.1 Å². The smallest absolute Gasteiger partial charge is 0.141 e. The number of hydrogen-bond donors (Lipinski definition) is 2. The van der Waals surface area contributed by atoms with E-state index in [4.69, 9.17) is 9.26 Å². The molecule has 2 aliphatic heterocycles. The van der Waals surface area contributed by atoms with Crippen LogP contribution in [0.2, 0.25) is 25.7 Å². The van der Waals surface area contributed by atoms with Crippen LogP contribution in [0.1, 0.15) is 43.6 Å². The molecule has 5 rings (SSSR count). The molecule has 0 amide bonds. The summed E-state index contributed by atoms with van der Waals surface area (Å²) in [5.74, 6) is 0.854. The second-order valence-electron chi connectivity index (χ2n) is 11.4. The average Bonchev–Trinajstić information content (AvgIpc) is 3.40. The maximum absolute atomic E-state index is 5.44. The first-order valence-electron chi connectivity index (χ1n) is 13.1. The fourth-order valence-electron chi connectivity index (χ4n) is 5.49. The molecule has 0 aliphatic carbocycles. The SMILES string of the molecule is COCC[Si](C)(C)C.Cc1noc(C)c1-c1c[nH]c2nccc(N3CCCC4(CCCCN4)C3)c12. The van der Waals surface area contributed by atoms with Crippen LogP contribution in [0, 0.1) is 13.8 Å². The Bertz CT molecular complexity index is 1090. The molecule has 0 bridgehead atoms. The van der Waals surface area contributed by atoms with Gasteiger partial charge in [0.2, 0.25) is 0 Å². The minimum Gasteiger partial charge on any atom is -0.385 e. The second-order valence-corrected chi connectivity index (χ2v) is 17.1. The Labute approximate surface area is 211 Å². The Kier molecular flexibility index (Phi) is 8.03. The number of aromatic nitrogens is 3. The minimum atomic E-state index is -0.803. The van der Waals surface area contributed by atoms with E-state index in [0.717, 1.165) is 54.5 Å². The molecule has 2 fully saturated rings. The van der Waals surface area contributed by atoms with Crippen LogP contribution in [0.25, 0.3) is 22.2 Å². The van der Waals surface area contributed by atoms with Crippen molar-refractivity contribution in [2.45, 2.75) is 77.2 Å². The lowest BCUT2D eigenvalue weighted by Gasteiger charge is -2.47. The Morgan fingerprint density at radius 1 is 1.17 bits per heavy atom. The number of pyridine rings is 1. The monoisotopic (exact) mass is 497 g/mol. The van der Waals surface area contributed by atoms with Gasteiger partial charge in [-0.3, -0.25) is 0 Å². The summed E-state index contributed by atoms with van der Waals surface area (Å²) in [4.78, 5) is 10.5. The lowest BCUT2D eigenvalue weighted by molar-refractivity contribution is 0.214. The summed E-state index contributed by atoms with van der Waals surface area (Å²) in [6.45, 7) is 15.3. The summed E-state index contributed by atoms with van der Waals surface area (Å²) in [6, 6.07) is 3.45. The number of piperidine rings is 2. The molecular formula is C27H43N5O2Si. The van der Waals surface area contributed by atoms with E-state index in [-0.39, 0.29) is 5.54 Å². The quantitative estimate of drug-likeness (QED) is 0.426. The summed E-state index contributed by atoms with van der Waals surface area (Å²) in [5.41, 5.74) is 5.61. The van der Waals surface area contributed by atoms with Crippen molar-refractivity contribution >= 4 is 24.8 Å². The van der Waals surface area contributed by atoms with E-state index >= 15 is 0 Å². The van der Waals surface area contributed by atoms with E-state index < -0.39 is 8.07 Å². The molecular weight excluding hydrogens is 454 g/mol. The molecule has 0 aromatic carbocycles. The van der Waals surface area contributed by atoms with Crippen molar-refractivity contribution in [3.05, 3.63) is 29.9 Å². The van der Waals surface area contributed by atoms with Crippen molar-refractivity contribution in [2.24, 2.45) is 0 Å². The molecule has 3 aromatic heterocycles. The van der Waals surface area contributed by atoms with E-state index in [9.17, 15) is 0 Å². The van der Waals surface area contributed by atoms with Crippen LogP contribution in [-0.2, 0) is 4.74 Å². The van der Waals surface area contributed by atoms with Gasteiger partial charge in [-0.2, -0.15) is 0 Å². The molecule has 192 valence electrons. The molecule has 0 radical (unpaired) electrons. The van der Waals surface area contributed by atoms with Crippen LogP contribution in [0.15, 0.2) is 23.0 Å². The number of anilines is 1. The van der Waals surface area contributed by atoms with E-state index in [1.807, 2.05) is 26.2 Å². The van der Waals surface area contributed by atoms with Crippen molar-refractivity contribution in [3.63, 3.8) is 0 Å². The molecule has 2 N–H and O–H groups in total. The molecule has 35 heavy (non-hydrogen) atoms. The van der Waals surface area contributed by atoms with Crippen LogP contribution in [0.4, 0.5) is 5.69 Å². The zero-order chi connectivity index (χ0) is 25.1. The maximum Gasteiger partial charge on any atom is 0.141 e. The Hall–Kier alpha value is -2.16. The minimum absolute atomic E-state index is 0.269. The largest absolute Gasteiger partial charge is 0.385 e. The lowest BCUT2D eigenvalue weighted by atomic mass is 9.81. The molecule has 3 aromatic rings. The first-order chi connectivity index (χ1) is 16.7. The highest BCUT2D eigenvalue weighted by Crippen LogP contribution is 2.40. The normalized spacial score (nSPS) is 20.8. The third kappa shape index (κ3) is 5.98. The fraction of sp³-hybridized carbons (Fsp3) is 0.630. The average molecular weight is 498 g/mol. The summed E-state index contributed by atoms with van der Waals surface area (Å²) in [5, 5.41) is 9.18. The van der Waals surface area contributed by atoms with Gasteiger partial charge in [-0.15, -0.1) is 0 Å². The number of fused-ring (bicyclic) bond motifs is 1. The van der Waals surface area contributed by atoms with E-state index in [0.29, 0.717) is 0 Å². The Morgan fingerprint density at radius 3 is 2.60 bits per heavy atom. The van der Waals surface area contributed by atoms with Gasteiger partial charge in [0.05, 0.1) is 11.1 Å². The summed E-state index contributed by atoms with van der Waals surface area (Å²) < 4.78 is 10.4. The zero-order valence-electron chi connectivity index (χ0n) is 22.5. The summed E-state index contributed by atoms with van der Waals surface area (Å²) in [6.07, 6.45) is 10.4. The van der Waals surface area contributed by atoms with Gasteiger partial charge in [0.15, 0.2) is 0 Å². The fourth-order valence-corrected chi connectivity index (χ4v) is 6.31. The van der Waals surface area contributed by atoms with Gasteiger partial charge in [0, 0.05) is 69.6 Å². The Balaban J connectivity index is 0.000000314. The third-order valence-corrected chi connectivity index (χ3v) is 9.11. The van der Waals surface area contributed by atoms with Gasteiger partial charge in [0.25, 0.3) is 0 Å². The number of rotatable bonds is 5. The highest BCUT2D eigenvalue weighted by molar-refractivity contribution is 6.76. The summed E-state index contributed by atoms with van der Waals surface area (Å²) in [7, 11) is 0.961. The third-order valence-electron chi connectivity index (χ3n) is 7.41. The number of nitrogens with zero attached hydrogens (tertiary/aromatic N) is 3. The van der Waals surface area contributed by atoms with E-state index in [1.165, 1.54) is 49.2 Å². The molecule has 7 nitrogen and oxygen atoms in total. The first-order valence-corrected chi connectivity index (χ1v) is 16.8. The number of ether oxygens (including phenoxy) is 1. The number of hydrogen-bond acceptors (Lipinski definition) is 6. The molecule has 1 spiro atoms. The van der Waals surface area contributed by atoms with Crippen LogP contribution in [0.3, 0.4) is 0 Å². The number of nitrogens with one attached hydrogen (secondary N) is 2. The molecule has 5 heterocycles. The van der Waals surface area contributed by atoms with Crippen molar-refractivity contribution in [2.75, 3.05) is 38.3 Å². The molecule has 0 saturated carbocycles. The van der Waals surface area contributed by atoms with Gasteiger partial charge in [-0.05, 0) is 58.2 Å². The van der Waals surface area contributed by atoms with Gasteiger partial charge in [0.1, 0.15) is 11.4 Å². The molecule has 1 unspecified atom stereocenters. The molecule has 1 atom stereocenters. The number of aryl methyl sites for hydroxylation is 2. The Morgan fingerprint density at radius 2 is 1.97 bits per heavy atom. The van der Waals surface area contributed by atoms with Crippen molar-refractivity contribution in [1.29, 1.82) is 0 Å². The lowest BCUT2D eigenvalue weighted by Crippen LogP contribution is -2.59. The molecule has 8 heteroatoms. The standard InChI is InChI=1S/C21H27N5O.C6H16OSi/c1-14-18(15(2)27-25-14)16-12-23-20-19(16)17(6-10-22-20)26-11-5-8-21(13-26)7-3-4-9-24-21;1-7-5-6-8(2,3)4/h6,10,12,24H,3-5,7-9,11,13H2,1-2H3,(H,22,23);5-6H2,1-4H3. The highest BCUT2D eigenvalue weighted by Gasteiger charge is 2.37. The van der Waals surface area contributed by atoms with Gasteiger partial charge < -0.3 is 24.5 Å². The van der Waals surface area contributed by atoms with Gasteiger partial charge in [-0.1, -0.05) is 31.2 Å². The van der Waals surface area contributed by atoms with E-state index in [2.05, 4.69) is 51.0 Å². The predicted molar refractivity (Wildman–Crippen MR) is 147 cm³/mol. The van der Waals surface area contributed by atoms with Crippen LogP contribution in [0.5, 0.6) is 0 Å². The first kappa shape index (κ1) is 25.9. The van der Waals surface area contributed by atoms with Crippen molar-refractivity contribution < 1.29 is 9.26 Å². The predicted octanol–water partition coefficient (Wildman–Crippen LogP) is 5.92. The number of methoxy groups -OCH3 is 1. The van der Waals surface area contributed by atoms with Crippen LogP contribution < -0.4 is 10.2 Å². The van der Waals surface area contributed by atoms with Crippen molar-refractivity contribution in [3.8, 4) is 11.1 Å². The second kappa shape index (κ2) is 10.8. The van der Waals surface area contributed by atoms with Gasteiger partial charge >= 0.3 is 0 Å². The molecule has 2 saturated heterocycles. The number of H-pyrrole nitrogens is 1. The summed E-state index contributed by atoms with van der Waals surface area (Å²) >= 11 is 0. The zero-order valence-corrected chi connectivity index (χ0v) is 23.5. The number of aromatic amines is 1. The van der Waals surface area contributed by atoms with E-state index in [1.54, 1.807) is 7.11 Å². The van der Waals surface area contributed by atoms with Crippen molar-refractivity contribution in [1.82, 2.24) is 20.4 Å².